The lowest BCUT2D eigenvalue weighted by Gasteiger charge is -2.00. The van der Waals surface area contributed by atoms with Gasteiger partial charge in [-0.15, -0.1) is 0 Å². The molecule has 0 atom stereocenters. The minimum absolute atomic E-state index is 0.0862. The summed E-state index contributed by atoms with van der Waals surface area (Å²) in [6.07, 6.45) is 3.21. The van der Waals surface area contributed by atoms with E-state index in [1.54, 1.807) is 55.7 Å². The summed E-state index contributed by atoms with van der Waals surface area (Å²) in [6.45, 7) is 0. The Morgan fingerprint density at radius 2 is 1.90 bits per heavy atom. The monoisotopic (exact) mass is 332 g/mol. The van der Waals surface area contributed by atoms with E-state index in [-0.39, 0.29) is 11.5 Å². The second kappa shape index (κ2) is 6.39. The van der Waals surface area contributed by atoms with Crippen molar-refractivity contribution in [3.63, 3.8) is 0 Å². The maximum absolute atomic E-state index is 12.0. The maximum Gasteiger partial charge on any atom is 0.185 e. The number of rotatable bonds is 4. The number of halogens is 1. The lowest BCUT2D eigenvalue weighted by molar-refractivity contribution is 0.104. The average Bonchev–Trinajstić information content (AvgIpc) is 2.48. The molecule has 1 N–H and O–H groups in total. The quantitative estimate of drug-likeness (QED) is 0.678. The van der Waals surface area contributed by atoms with Crippen LogP contribution >= 0.6 is 15.9 Å². The zero-order valence-corrected chi connectivity index (χ0v) is 12.4. The Bertz CT molecular complexity index is 645. The van der Waals surface area contributed by atoms with Crippen molar-refractivity contribution in [1.82, 2.24) is 0 Å². The van der Waals surface area contributed by atoms with Gasteiger partial charge < -0.3 is 9.84 Å². The van der Waals surface area contributed by atoms with Gasteiger partial charge in [-0.1, -0.05) is 12.1 Å². The number of hydrogen-bond acceptors (Lipinski definition) is 3. The van der Waals surface area contributed by atoms with Crippen molar-refractivity contribution in [3.05, 3.63) is 64.1 Å². The molecule has 0 bridgehead atoms. The fourth-order valence-corrected chi connectivity index (χ4v) is 2.05. The van der Waals surface area contributed by atoms with Crippen molar-refractivity contribution in [3.8, 4) is 11.5 Å². The van der Waals surface area contributed by atoms with Gasteiger partial charge in [0.05, 0.1) is 11.6 Å². The number of phenolic OH excluding ortho intramolecular Hbond substituents is 1. The molecule has 102 valence electrons. The third kappa shape index (κ3) is 3.48. The molecule has 3 nitrogen and oxygen atoms in total. The van der Waals surface area contributed by atoms with E-state index in [0.717, 1.165) is 5.56 Å². The molecule has 0 aliphatic heterocycles. The molecule has 0 saturated heterocycles. The average molecular weight is 333 g/mol. The summed E-state index contributed by atoms with van der Waals surface area (Å²) in [7, 11) is 1.58. The Labute approximate surface area is 125 Å². The number of ether oxygens (including phenoxy) is 1. The predicted molar refractivity (Wildman–Crippen MR) is 82.2 cm³/mol. The highest BCUT2D eigenvalue weighted by Gasteiger charge is 2.02. The lowest BCUT2D eigenvalue weighted by Crippen LogP contribution is -1.94. The molecule has 0 aromatic heterocycles. The van der Waals surface area contributed by atoms with Crippen molar-refractivity contribution >= 4 is 27.8 Å². The van der Waals surface area contributed by atoms with Crippen LogP contribution in [0.2, 0.25) is 0 Å². The predicted octanol–water partition coefficient (Wildman–Crippen LogP) is 4.06. The highest BCUT2D eigenvalue weighted by Crippen LogP contribution is 2.24. The van der Waals surface area contributed by atoms with Crippen LogP contribution in [0.4, 0.5) is 0 Å². The van der Waals surface area contributed by atoms with E-state index in [1.807, 2.05) is 0 Å². The third-order valence-electron chi connectivity index (χ3n) is 2.77. The van der Waals surface area contributed by atoms with Crippen molar-refractivity contribution in [2.24, 2.45) is 0 Å². The van der Waals surface area contributed by atoms with Crippen LogP contribution in [-0.4, -0.2) is 18.0 Å². The minimum atomic E-state index is -0.0862. The molecule has 20 heavy (non-hydrogen) atoms. The van der Waals surface area contributed by atoms with E-state index < -0.39 is 0 Å². The van der Waals surface area contributed by atoms with Crippen LogP contribution < -0.4 is 4.74 Å². The SMILES string of the molecule is COc1ccc(C(=O)/C=C/c2ccc(O)c(Br)c2)cc1. The fraction of sp³-hybridized carbons (Fsp3) is 0.0625. The minimum Gasteiger partial charge on any atom is -0.507 e. The number of ketones is 1. The molecule has 0 fully saturated rings. The topological polar surface area (TPSA) is 46.5 Å². The van der Waals surface area contributed by atoms with Gasteiger partial charge in [-0.05, 0) is 64.0 Å². The summed E-state index contributed by atoms with van der Waals surface area (Å²) in [4.78, 5) is 12.0. The second-order valence-corrected chi connectivity index (χ2v) is 4.99. The van der Waals surface area contributed by atoms with Crippen LogP contribution in [0.15, 0.2) is 53.0 Å². The Hall–Kier alpha value is -2.07. The Kier molecular flexibility index (Phi) is 4.58. The standard InChI is InChI=1S/C16H13BrO3/c1-20-13-6-4-12(5-7-13)15(18)8-2-11-3-9-16(19)14(17)10-11/h2-10,19H,1H3/b8-2+. The molecule has 0 aliphatic rings. The molecule has 2 aromatic rings. The molecule has 0 amide bonds. The number of aromatic hydroxyl groups is 1. The molecule has 4 heteroatoms. The molecule has 0 heterocycles. The summed E-state index contributed by atoms with van der Waals surface area (Å²) in [6, 6.07) is 12.0. The molecule has 0 aliphatic carbocycles. The Morgan fingerprint density at radius 1 is 1.20 bits per heavy atom. The van der Waals surface area contributed by atoms with Crippen LogP contribution in [0.5, 0.6) is 11.5 Å². The first-order valence-corrected chi connectivity index (χ1v) is 6.74. The number of carbonyl (C=O) groups is 1. The van der Waals surface area contributed by atoms with Crippen LogP contribution in [0.1, 0.15) is 15.9 Å². The number of hydrogen-bond donors (Lipinski definition) is 1. The van der Waals surface area contributed by atoms with Gasteiger partial charge in [-0.2, -0.15) is 0 Å². The largest absolute Gasteiger partial charge is 0.507 e. The number of carbonyl (C=O) groups excluding carboxylic acids is 1. The van der Waals surface area contributed by atoms with Gasteiger partial charge in [-0.25, -0.2) is 0 Å². The molecule has 0 unspecified atom stereocenters. The maximum atomic E-state index is 12.0. The van der Waals surface area contributed by atoms with Crippen LogP contribution in [0, 0.1) is 0 Å². The molecular weight excluding hydrogens is 320 g/mol. The van der Waals surface area contributed by atoms with Gasteiger partial charge in [0.1, 0.15) is 11.5 Å². The van der Waals surface area contributed by atoms with Crippen molar-refractivity contribution < 1.29 is 14.6 Å². The second-order valence-electron chi connectivity index (χ2n) is 4.14. The Morgan fingerprint density at radius 3 is 2.50 bits per heavy atom. The van der Waals surface area contributed by atoms with Crippen molar-refractivity contribution in [2.45, 2.75) is 0 Å². The highest BCUT2D eigenvalue weighted by atomic mass is 79.9. The number of benzene rings is 2. The van der Waals surface area contributed by atoms with E-state index in [0.29, 0.717) is 15.8 Å². The molecule has 0 spiro atoms. The summed E-state index contributed by atoms with van der Waals surface area (Å²) in [5.74, 6) is 0.800. The van der Waals surface area contributed by atoms with Crippen molar-refractivity contribution in [1.29, 1.82) is 0 Å². The van der Waals surface area contributed by atoms with E-state index in [9.17, 15) is 9.90 Å². The first-order valence-electron chi connectivity index (χ1n) is 5.95. The first-order chi connectivity index (χ1) is 9.60. The summed E-state index contributed by atoms with van der Waals surface area (Å²) >= 11 is 3.23. The molecular formula is C16H13BrO3. The number of phenols is 1. The van der Waals surface area contributed by atoms with E-state index in [2.05, 4.69) is 15.9 Å². The lowest BCUT2D eigenvalue weighted by atomic mass is 10.1. The molecule has 2 rings (SSSR count). The van der Waals surface area contributed by atoms with Gasteiger partial charge in [0.15, 0.2) is 5.78 Å². The molecule has 2 aromatic carbocycles. The van der Waals surface area contributed by atoms with E-state index in [4.69, 9.17) is 4.74 Å². The molecule has 0 saturated carbocycles. The summed E-state index contributed by atoms with van der Waals surface area (Å²) in [5.41, 5.74) is 1.43. The van der Waals surface area contributed by atoms with Gasteiger partial charge in [-0.3, -0.25) is 4.79 Å². The van der Waals surface area contributed by atoms with Crippen LogP contribution in [-0.2, 0) is 0 Å². The number of allylic oxidation sites excluding steroid dienone is 1. The summed E-state index contributed by atoms with van der Waals surface area (Å²) in [5, 5.41) is 9.40. The highest BCUT2D eigenvalue weighted by molar-refractivity contribution is 9.10. The van der Waals surface area contributed by atoms with Gasteiger partial charge in [0.2, 0.25) is 0 Å². The van der Waals surface area contributed by atoms with Crippen LogP contribution in [0.25, 0.3) is 6.08 Å². The van der Waals surface area contributed by atoms with Gasteiger partial charge >= 0.3 is 0 Å². The van der Waals surface area contributed by atoms with E-state index >= 15 is 0 Å². The smallest absolute Gasteiger partial charge is 0.185 e. The summed E-state index contributed by atoms with van der Waals surface area (Å²) < 4.78 is 5.64. The normalized spacial score (nSPS) is 10.7. The Balaban J connectivity index is 2.13. The zero-order chi connectivity index (χ0) is 14.5. The number of methoxy groups -OCH3 is 1. The fourth-order valence-electron chi connectivity index (χ4n) is 1.65. The van der Waals surface area contributed by atoms with Crippen molar-refractivity contribution in [2.75, 3.05) is 7.11 Å². The van der Waals surface area contributed by atoms with Gasteiger partial charge in [0, 0.05) is 5.56 Å². The van der Waals surface area contributed by atoms with E-state index in [1.165, 1.54) is 6.08 Å². The molecule has 0 radical (unpaired) electrons. The third-order valence-corrected chi connectivity index (χ3v) is 3.41. The zero-order valence-electron chi connectivity index (χ0n) is 10.8. The van der Waals surface area contributed by atoms with Gasteiger partial charge in [0.25, 0.3) is 0 Å². The van der Waals surface area contributed by atoms with Crippen LogP contribution in [0.3, 0.4) is 0 Å². The first kappa shape index (κ1) is 14.3.